The summed E-state index contributed by atoms with van der Waals surface area (Å²) in [5, 5.41) is 9.69. The van der Waals surface area contributed by atoms with Gasteiger partial charge >= 0.3 is 0 Å². The smallest absolute Gasteiger partial charge is 0.253 e. The lowest BCUT2D eigenvalue weighted by molar-refractivity contribution is 0.0683. The van der Waals surface area contributed by atoms with E-state index in [-0.39, 0.29) is 21.7 Å². The molecule has 2 rings (SSSR count). The summed E-state index contributed by atoms with van der Waals surface area (Å²) in [6.45, 7) is 3.66. The number of benzene rings is 1. The van der Waals surface area contributed by atoms with E-state index >= 15 is 0 Å². The van der Waals surface area contributed by atoms with Crippen LogP contribution < -0.4 is 0 Å². The van der Waals surface area contributed by atoms with Crippen molar-refractivity contribution in [3.63, 3.8) is 0 Å². The van der Waals surface area contributed by atoms with E-state index in [0.29, 0.717) is 11.5 Å². The molecule has 0 spiro atoms. The van der Waals surface area contributed by atoms with Crippen molar-refractivity contribution in [1.29, 1.82) is 0 Å². The molecule has 0 bridgehead atoms. The molecule has 1 saturated heterocycles. The summed E-state index contributed by atoms with van der Waals surface area (Å²) in [7, 11) is 0. The predicted molar refractivity (Wildman–Crippen MR) is 72.4 cm³/mol. The molecule has 1 aromatic rings. The summed E-state index contributed by atoms with van der Waals surface area (Å²) in [4.78, 5) is 14.1. The fourth-order valence-electron chi connectivity index (χ4n) is 2.25. The van der Waals surface area contributed by atoms with Gasteiger partial charge in [0.05, 0.1) is 10.0 Å². The molecule has 1 atom stereocenters. The first kappa shape index (κ1) is 13.5. The Bertz CT molecular complexity index is 453. The number of phenols is 1. The number of phenolic OH excluding ortho intramolecular Hbond substituents is 1. The Labute approximate surface area is 116 Å². The summed E-state index contributed by atoms with van der Waals surface area (Å²) in [5.41, 5.74) is 0.428. The third-order valence-corrected chi connectivity index (χ3v) is 3.78. The van der Waals surface area contributed by atoms with Gasteiger partial charge in [0, 0.05) is 18.7 Å². The maximum absolute atomic E-state index is 12.3. The molecular formula is C13H15Cl2NO2. The van der Waals surface area contributed by atoms with E-state index in [4.69, 9.17) is 23.2 Å². The van der Waals surface area contributed by atoms with Gasteiger partial charge in [-0.1, -0.05) is 30.1 Å². The number of aromatic hydroxyl groups is 1. The van der Waals surface area contributed by atoms with Crippen molar-refractivity contribution in [3.8, 4) is 5.75 Å². The molecule has 5 heteroatoms. The molecule has 1 amide bonds. The second-order valence-corrected chi connectivity index (χ2v) is 5.60. The normalized spacial score (nSPS) is 19.9. The fourth-order valence-corrected chi connectivity index (χ4v) is 2.73. The summed E-state index contributed by atoms with van der Waals surface area (Å²) >= 11 is 11.7. The molecule has 18 heavy (non-hydrogen) atoms. The molecule has 0 unspecified atom stereocenters. The van der Waals surface area contributed by atoms with E-state index in [2.05, 4.69) is 6.92 Å². The second-order valence-electron chi connectivity index (χ2n) is 4.79. The van der Waals surface area contributed by atoms with Crippen LogP contribution in [0.15, 0.2) is 12.1 Å². The standard InChI is InChI=1S/C13H15Cl2NO2/c1-8-3-2-4-16(7-8)13(18)9-5-10(14)12(17)11(15)6-9/h5-6,8,17H,2-4,7H2,1H3/t8-/m1/s1. The highest BCUT2D eigenvalue weighted by molar-refractivity contribution is 6.37. The summed E-state index contributed by atoms with van der Waals surface area (Å²) in [6.07, 6.45) is 2.17. The number of piperidine rings is 1. The van der Waals surface area contributed by atoms with Gasteiger partial charge in [-0.2, -0.15) is 0 Å². The van der Waals surface area contributed by atoms with E-state index < -0.39 is 0 Å². The number of hydrogen-bond acceptors (Lipinski definition) is 2. The zero-order valence-electron chi connectivity index (χ0n) is 10.1. The van der Waals surface area contributed by atoms with Crippen LogP contribution in [0.3, 0.4) is 0 Å². The van der Waals surface area contributed by atoms with Crippen molar-refractivity contribution in [3.05, 3.63) is 27.7 Å². The molecule has 1 aromatic carbocycles. The number of nitrogens with zero attached hydrogens (tertiary/aromatic N) is 1. The van der Waals surface area contributed by atoms with Gasteiger partial charge in [0.2, 0.25) is 0 Å². The van der Waals surface area contributed by atoms with Gasteiger partial charge < -0.3 is 10.0 Å². The number of carbonyl (C=O) groups excluding carboxylic acids is 1. The topological polar surface area (TPSA) is 40.5 Å². The van der Waals surface area contributed by atoms with Gasteiger partial charge in [-0.3, -0.25) is 4.79 Å². The summed E-state index contributed by atoms with van der Waals surface area (Å²) < 4.78 is 0. The Morgan fingerprint density at radius 1 is 1.39 bits per heavy atom. The van der Waals surface area contributed by atoms with Gasteiger partial charge in [-0.15, -0.1) is 0 Å². The van der Waals surface area contributed by atoms with Crippen molar-refractivity contribution in [2.45, 2.75) is 19.8 Å². The molecule has 1 aliphatic rings. The highest BCUT2D eigenvalue weighted by Crippen LogP contribution is 2.33. The lowest BCUT2D eigenvalue weighted by Crippen LogP contribution is -2.39. The molecule has 1 N–H and O–H groups in total. The first-order valence-electron chi connectivity index (χ1n) is 5.96. The lowest BCUT2D eigenvalue weighted by atomic mass is 9.99. The van der Waals surface area contributed by atoms with Gasteiger partial charge in [0.1, 0.15) is 0 Å². The largest absolute Gasteiger partial charge is 0.505 e. The molecule has 0 aromatic heterocycles. The third kappa shape index (κ3) is 2.73. The van der Waals surface area contributed by atoms with Gasteiger partial charge in [-0.05, 0) is 30.9 Å². The van der Waals surface area contributed by atoms with E-state index in [9.17, 15) is 9.90 Å². The Morgan fingerprint density at radius 3 is 2.56 bits per heavy atom. The number of likely N-dealkylation sites (tertiary alicyclic amines) is 1. The van der Waals surface area contributed by atoms with E-state index in [1.165, 1.54) is 12.1 Å². The number of amides is 1. The van der Waals surface area contributed by atoms with E-state index in [0.717, 1.165) is 25.9 Å². The van der Waals surface area contributed by atoms with Crippen molar-refractivity contribution in [1.82, 2.24) is 4.90 Å². The first-order chi connectivity index (χ1) is 8.49. The van der Waals surface area contributed by atoms with Crippen LogP contribution in [-0.4, -0.2) is 29.0 Å². The fraction of sp³-hybridized carbons (Fsp3) is 0.462. The molecule has 1 fully saturated rings. The predicted octanol–water partition coefficient (Wildman–Crippen LogP) is 3.57. The molecule has 1 heterocycles. The van der Waals surface area contributed by atoms with Crippen molar-refractivity contribution >= 4 is 29.1 Å². The van der Waals surface area contributed by atoms with Crippen molar-refractivity contribution in [2.75, 3.05) is 13.1 Å². The average molecular weight is 288 g/mol. The van der Waals surface area contributed by atoms with Gasteiger partial charge in [0.25, 0.3) is 5.91 Å². The van der Waals surface area contributed by atoms with Crippen LogP contribution in [0.25, 0.3) is 0 Å². The molecule has 0 aliphatic carbocycles. The monoisotopic (exact) mass is 287 g/mol. The minimum absolute atomic E-state index is 0.0784. The summed E-state index contributed by atoms with van der Waals surface area (Å²) in [5.74, 6) is 0.262. The zero-order valence-corrected chi connectivity index (χ0v) is 11.6. The van der Waals surface area contributed by atoms with Crippen LogP contribution in [0.1, 0.15) is 30.1 Å². The van der Waals surface area contributed by atoms with E-state index in [1.54, 1.807) is 0 Å². The van der Waals surface area contributed by atoms with Crippen LogP contribution in [0, 0.1) is 5.92 Å². The minimum Gasteiger partial charge on any atom is -0.505 e. The van der Waals surface area contributed by atoms with Crippen molar-refractivity contribution < 1.29 is 9.90 Å². The molecule has 0 saturated carbocycles. The SMILES string of the molecule is C[C@@H]1CCCN(C(=O)c2cc(Cl)c(O)c(Cl)c2)C1. The molecule has 3 nitrogen and oxygen atoms in total. The Hall–Kier alpha value is -0.930. The van der Waals surface area contributed by atoms with Gasteiger partial charge in [0.15, 0.2) is 5.75 Å². The number of halogens is 2. The average Bonchev–Trinajstić information content (AvgIpc) is 2.34. The lowest BCUT2D eigenvalue weighted by Gasteiger charge is -2.31. The van der Waals surface area contributed by atoms with Crippen LogP contribution >= 0.6 is 23.2 Å². The highest BCUT2D eigenvalue weighted by atomic mass is 35.5. The molecular weight excluding hydrogens is 273 g/mol. The molecule has 98 valence electrons. The Balaban J connectivity index is 2.23. The number of carbonyl (C=O) groups is 1. The van der Waals surface area contributed by atoms with Crippen LogP contribution in [0.2, 0.25) is 10.0 Å². The highest BCUT2D eigenvalue weighted by Gasteiger charge is 2.23. The third-order valence-electron chi connectivity index (χ3n) is 3.21. The summed E-state index contributed by atoms with van der Waals surface area (Å²) in [6, 6.07) is 2.93. The van der Waals surface area contributed by atoms with E-state index in [1.807, 2.05) is 4.90 Å². The van der Waals surface area contributed by atoms with Crippen LogP contribution in [0.4, 0.5) is 0 Å². The van der Waals surface area contributed by atoms with Crippen molar-refractivity contribution in [2.24, 2.45) is 5.92 Å². The number of hydrogen-bond donors (Lipinski definition) is 1. The van der Waals surface area contributed by atoms with Gasteiger partial charge in [-0.25, -0.2) is 0 Å². The maximum atomic E-state index is 12.3. The Morgan fingerprint density at radius 2 is 2.00 bits per heavy atom. The first-order valence-corrected chi connectivity index (χ1v) is 6.72. The molecule has 0 radical (unpaired) electrons. The second kappa shape index (κ2) is 5.37. The maximum Gasteiger partial charge on any atom is 0.253 e. The number of rotatable bonds is 1. The Kier molecular flexibility index (Phi) is 4.03. The molecule has 1 aliphatic heterocycles. The quantitative estimate of drug-likeness (QED) is 0.858. The van der Waals surface area contributed by atoms with Crippen LogP contribution in [-0.2, 0) is 0 Å². The minimum atomic E-state index is -0.179. The van der Waals surface area contributed by atoms with Crippen LogP contribution in [0.5, 0.6) is 5.75 Å². The zero-order chi connectivity index (χ0) is 13.3.